The molecule has 1 fully saturated rings. The molecule has 2 atom stereocenters. The lowest BCUT2D eigenvalue weighted by Gasteiger charge is -2.36. The van der Waals surface area contributed by atoms with E-state index in [1.54, 1.807) is 0 Å². The van der Waals surface area contributed by atoms with Crippen molar-refractivity contribution >= 4 is 11.9 Å². The fourth-order valence-electron chi connectivity index (χ4n) is 3.28. The lowest BCUT2D eigenvalue weighted by Crippen LogP contribution is -2.54. The minimum atomic E-state index is -0.993. The second kappa shape index (κ2) is 5.85. The fourth-order valence-corrected chi connectivity index (χ4v) is 3.28. The number of ether oxygens (including phenoxy) is 1. The van der Waals surface area contributed by atoms with E-state index in [2.05, 4.69) is 6.07 Å². The zero-order chi connectivity index (χ0) is 14.8. The summed E-state index contributed by atoms with van der Waals surface area (Å²) in [5, 5.41) is 9.28. The molecule has 21 heavy (non-hydrogen) atoms. The minimum Gasteiger partial charge on any atom is -0.480 e. The number of nitrogens with zero attached hydrogens (tertiary/aromatic N) is 1. The number of carboxylic acids is 1. The molecule has 1 N–H and O–H groups in total. The molecule has 1 aromatic carbocycles. The average molecular weight is 289 g/mol. The van der Waals surface area contributed by atoms with Crippen LogP contribution in [0.4, 0.5) is 0 Å². The molecule has 1 aliphatic heterocycles. The summed E-state index contributed by atoms with van der Waals surface area (Å²) in [5.41, 5.74) is 2.27. The molecule has 2 aliphatic rings. The Morgan fingerprint density at radius 1 is 1.29 bits per heavy atom. The van der Waals surface area contributed by atoms with Crippen LogP contribution in [0.15, 0.2) is 24.3 Å². The first-order valence-electron chi connectivity index (χ1n) is 7.37. The standard InChI is InChI=1S/C16H19NO4/c18-15(17-8-9-21-10-14(17)16(19)20)13-7-3-5-11-4-1-2-6-12(11)13/h1-2,4,6,13-14H,3,5,7-10H2,(H,19,20)/t13-,14-/m0/s1. The van der Waals surface area contributed by atoms with Crippen LogP contribution in [-0.2, 0) is 20.7 Å². The molecule has 112 valence electrons. The number of aryl methyl sites for hydroxylation is 1. The van der Waals surface area contributed by atoms with Crippen LogP contribution in [0.5, 0.6) is 0 Å². The number of rotatable bonds is 2. The average Bonchev–Trinajstić information content (AvgIpc) is 2.53. The SMILES string of the molecule is O=C(O)[C@@H]1COCCN1C(=O)[C@H]1CCCc2ccccc21. The lowest BCUT2D eigenvalue weighted by atomic mass is 9.82. The van der Waals surface area contributed by atoms with E-state index in [0.717, 1.165) is 24.8 Å². The van der Waals surface area contributed by atoms with Gasteiger partial charge in [0.15, 0.2) is 6.04 Å². The van der Waals surface area contributed by atoms with Crippen LogP contribution in [0.3, 0.4) is 0 Å². The second-order valence-electron chi connectivity index (χ2n) is 5.60. The molecule has 1 heterocycles. The molecule has 1 saturated heterocycles. The highest BCUT2D eigenvalue weighted by molar-refractivity contribution is 5.89. The van der Waals surface area contributed by atoms with Crippen LogP contribution in [0.1, 0.15) is 29.9 Å². The van der Waals surface area contributed by atoms with Gasteiger partial charge in [-0.1, -0.05) is 24.3 Å². The Hall–Kier alpha value is -1.88. The van der Waals surface area contributed by atoms with Crippen molar-refractivity contribution in [1.29, 1.82) is 0 Å². The van der Waals surface area contributed by atoms with Gasteiger partial charge in [-0.15, -0.1) is 0 Å². The van der Waals surface area contributed by atoms with Crippen LogP contribution >= 0.6 is 0 Å². The zero-order valence-corrected chi connectivity index (χ0v) is 11.8. The summed E-state index contributed by atoms with van der Waals surface area (Å²) in [4.78, 5) is 25.6. The van der Waals surface area contributed by atoms with E-state index in [1.807, 2.05) is 18.2 Å². The summed E-state index contributed by atoms with van der Waals surface area (Å²) >= 11 is 0. The Morgan fingerprint density at radius 3 is 2.90 bits per heavy atom. The molecular weight excluding hydrogens is 270 g/mol. The predicted octanol–water partition coefficient (Wildman–Crippen LogP) is 1.42. The first-order chi connectivity index (χ1) is 10.2. The molecular formula is C16H19NO4. The topological polar surface area (TPSA) is 66.8 Å². The van der Waals surface area contributed by atoms with Crippen molar-refractivity contribution in [3.05, 3.63) is 35.4 Å². The first-order valence-corrected chi connectivity index (χ1v) is 7.37. The monoisotopic (exact) mass is 289 g/mol. The Kier molecular flexibility index (Phi) is 3.92. The summed E-state index contributed by atoms with van der Waals surface area (Å²) in [6.45, 7) is 0.841. The van der Waals surface area contributed by atoms with Gasteiger partial charge in [-0.2, -0.15) is 0 Å². The van der Waals surface area contributed by atoms with Gasteiger partial charge in [0.1, 0.15) is 0 Å². The number of carbonyl (C=O) groups excluding carboxylic acids is 1. The van der Waals surface area contributed by atoms with Crippen molar-refractivity contribution < 1.29 is 19.4 Å². The second-order valence-corrected chi connectivity index (χ2v) is 5.60. The maximum absolute atomic E-state index is 12.8. The maximum atomic E-state index is 12.8. The maximum Gasteiger partial charge on any atom is 0.328 e. The summed E-state index contributed by atoms with van der Waals surface area (Å²) in [6.07, 6.45) is 2.75. The van der Waals surface area contributed by atoms with Gasteiger partial charge in [0.2, 0.25) is 5.91 Å². The largest absolute Gasteiger partial charge is 0.480 e. The number of morpholine rings is 1. The zero-order valence-electron chi connectivity index (χ0n) is 11.8. The summed E-state index contributed by atoms with van der Waals surface area (Å²) < 4.78 is 5.21. The Bertz CT molecular complexity index is 557. The number of fused-ring (bicyclic) bond motifs is 1. The van der Waals surface area contributed by atoms with Gasteiger partial charge in [0, 0.05) is 6.54 Å². The third kappa shape index (κ3) is 2.65. The van der Waals surface area contributed by atoms with Crippen molar-refractivity contribution in [2.45, 2.75) is 31.2 Å². The van der Waals surface area contributed by atoms with Crippen molar-refractivity contribution in [1.82, 2.24) is 4.90 Å². The minimum absolute atomic E-state index is 0.0714. The number of carboxylic acid groups (broad SMARTS) is 1. The van der Waals surface area contributed by atoms with E-state index in [9.17, 15) is 14.7 Å². The molecule has 0 saturated carbocycles. The third-order valence-electron chi connectivity index (χ3n) is 4.36. The van der Waals surface area contributed by atoms with Gasteiger partial charge in [0.05, 0.1) is 19.1 Å². The smallest absolute Gasteiger partial charge is 0.328 e. The molecule has 1 aromatic rings. The molecule has 1 amide bonds. The normalized spacial score (nSPS) is 25.2. The van der Waals surface area contributed by atoms with Gasteiger partial charge < -0.3 is 14.7 Å². The van der Waals surface area contributed by atoms with E-state index in [1.165, 1.54) is 10.5 Å². The lowest BCUT2D eigenvalue weighted by molar-refractivity contribution is -0.159. The van der Waals surface area contributed by atoms with Crippen LogP contribution in [-0.4, -0.2) is 47.7 Å². The number of aliphatic carboxylic acids is 1. The predicted molar refractivity (Wildman–Crippen MR) is 76.1 cm³/mol. The van der Waals surface area contributed by atoms with E-state index < -0.39 is 12.0 Å². The first kappa shape index (κ1) is 14.1. The van der Waals surface area contributed by atoms with E-state index in [4.69, 9.17) is 4.74 Å². The molecule has 5 nitrogen and oxygen atoms in total. The van der Waals surface area contributed by atoms with Crippen molar-refractivity contribution in [2.24, 2.45) is 0 Å². The van der Waals surface area contributed by atoms with Gasteiger partial charge in [-0.25, -0.2) is 4.79 Å². The quantitative estimate of drug-likeness (QED) is 0.894. The van der Waals surface area contributed by atoms with Gasteiger partial charge in [0.25, 0.3) is 0 Å². The number of hydrogen-bond donors (Lipinski definition) is 1. The van der Waals surface area contributed by atoms with Crippen molar-refractivity contribution in [3.63, 3.8) is 0 Å². The number of hydrogen-bond acceptors (Lipinski definition) is 3. The van der Waals surface area contributed by atoms with E-state index in [-0.39, 0.29) is 18.4 Å². The molecule has 5 heteroatoms. The van der Waals surface area contributed by atoms with E-state index >= 15 is 0 Å². The molecule has 0 bridgehead atoms. The third-order valence-corrected chi connectivity index (χ3v) is 4.36. The van der Waals surface area contributed by atoms with Gasteiger partial charge >= 0.3 is 5.97 Å². The Balaban J connectivity index is 1.86. The van der Waals surface area contributed by atoms with Crippen LogP contribution < -0.4 is 0 Å². The molecule has 0 radical (unpaired) electrons. The van der Waals surface area contributed by atoms with E-state index in [0.29, 0.717) is 13.2 Å². The van der Waals surface area contributed by atoms with Crippen LogP contribution in [0.25, 0.3) is 0 Å². The molecule has 0 spiro atoms. The summed E-state index contributed by atoms with van der Waals surface area (Å²) in [5.74, 6) is -1.28. The molecule has 0 unspecified atom stereocenters. The van der Waals surface area contributed by atoms with Crippen LogP contribution in [0.2, 0.25) is 0 Å². The molecule has 0 aromatic heterocycles. The fraction of sp³-hybridized carbons (Fsp3) is 0.500. The summed E-state index contributed by atoms with van der Waals surface area (Å²) in [7, 11) is 0. The van der Waals surface area contributed by atoms with Crippen LogP contribution in [0, 0.1) is 0 Å². The van der Waals surface area contributed by atoms with Gasteiger partial charge in [-0.05, 0) is 30.4 Å². The number of amides is 1. The summed E-state index contributed by atoms with van der Waals surface area (Å²) in [6, 6.07) is 7.12. The highest BCUT2D eigenvalue weighted by Gasteiger charge is 2.37. The van der Waals surface area contributed by atoms with Crippen molar-refractivity contribution in [2.75, 3.05) is 19.8 Å². The molecule has 1 aliphatic carbocycles. The Morgan fingerprint density at radius 2 is 2.10 bits per heavy atom. The Labute approximate surface area is 123 Å². The number of carbonyl (C=O) groups is 2. The highest BCUT2D eigenvalue weighted by Crippen LogP contribution is 2.33. The molecule has 3 rings (SSSR count). The number of benzene rings is 1. The van der Waals surface area contributed by atoms with Crippen molar-refractivity contribution in [3.8, 4) is 0 Å². The van der Waals surface area contributed by atoms with Gasteiger partial charge in [-0.3, -0.25) is 4.79 Å². The highest BCUT2D eigenvalue weighted by atomic mass is 16.5.